The van der Waals surface area contributed by atoms with Crippen LogP contribution in [0.15, 0.2) is 265 Å². The van der Waals surface area contributed by atoms with E-state index < -0.39 is 23.8 Å². The van der Waals surface area contributed by atoms with Crippen molar-refractivity contribution in [1.29, 1.82) is 0 Å². The van der Waals surface area contributed by atoms with Gasteiger partial charge < -0.3 is 40.9 Å². The fraction of sp³-hybridized carbons (Fsp3) is 0. The van der Waals surface area contributed by atoms with Gasteiger partial charge in [0.2, 0.25) is 0 Å². The van der Waals surface area contributed by atoms with Gasteiger partial charge >= 0.3 is 152 Å². The Bertz CT molecular complexity index is 1790. The van der Waals surface area contributed by atoms with Crippen molar-refractivity contribution in [2.75, 3.05) is 0 Å². The van der Waals surface area contributed by atoms with Gasteiger partial charge in [0.1, 0.15) is 0 Å². The minimum absolute atomic E-state index is 0. The molecule has 8 nitrogen and oxygen atoms in total. The topological polar surface area (TPSA) is 184 Å². The number of hydrogen-bond acceptors (Lipinski definition) is 16. The molecule has 21 heteroatoms. The van der Waals surface area contributed by atoms with Crippen molar-refractivity contribution in [2.24, 2.45) is 0 Å². The summed E-state index contributed by atoms with van der Waals surface area (Å²) < 4.78 is 0. The maximum Gasteiger partial charge on any atom is -0.172 e. The van der Waals surface area contributed by atoms with Crippen LogP contribution < -0.4 is 40.9 Å². The van der Waals surface area contributed by atoms with Crippen LogP contribution in [0.3, 0.4) is 0 Å². The summed E-state index contributed by atoms with van der Waals surface area (Å²) in [6.07, 6.45) is 25.2. The van der Waals surface area contributed by atoms with Crippen LogP contribution in [0, 0.1) is 0 Å². The molecule has 0 aliphatic heterocycles. The molecule has 0 saturated heterocycles. The molecule has 4 aliphatic carbocycles. The fourth-order valence-corrected chi connectivity index (χ4v) is 3.32. The predicted molar refractivity (Wildman–Crippen MR) is 250 cm³/mol. The van der Waals surface area contributed by atoms with E-state index in [-0.39, 0.29) is 43.4 Å². The minimum atomic E-state index is -1.12. The zero-order chi connectivity index (χ0) is 48.9. The van der Waals surface area contributed by atoms with Crippen LogP contribution in [0.25, 0.3) is 0 Å². The number of allylic oxidation sites excluding steroid dienone is 20. The second-order valence-electron chi connectivity index (χ2n) is 9.93. The third-order valence-electron chi connectivity index (χ3n) is 5.82. The van der Waals surface area contributed by atoms with Crippen LogP contribution in [0.2, 0.25) is 0 Å². The van der Waals surface area contributed by atoms with Crippen molar-refractivity contribution < 1.29 is 109 Å². The Balaban J connectivity index is -0.000000205. The third-order valence-corrected chi connectivity index (χ3v) is 5.82. The molecule has 0 aromatic heterocycles. The molecule has 4 aromatic carbocycles. The molecule has 0 bridgehead atoms. The summed E-state index contributed by atoms with van der Waals surface area (Å²) in [4.78, 5) is 0. The molecule has 4 aliphatic rings. The van der Waals surface area contributed by atoms with E-state index in [2.05, 4.69) is 84.4 Å². The molecule has 0 amide bonds. The Morgan fingerprint density at radius 1 is 0.277 bits per heavy atom. The van der Waals surface area contributed by atoms with Crippen molar-refractivity contribution >= 4 is 84.4 Å². The first-order chi connectivity index (χ1) is 30.9. The first-order valence-corrected chi connectivity index (χ1v) is 29.9. The van der Waals surface area contributed by atoms with Crippen LogP contribution in [-0.2, 0) is 67.9 Å². The molecule has 0 atom stereocenters. The van der Waals surface area contributed by atoms with Gasteiger partial charge in [-0.3, -0.25) is 0 Å². The number of hydrogen-bond donors (Lipinski definition) is 0. The molecular weight excluding hydrogens is 1230 g/mol. The molecule has 0 unspecified atom stereocenters. The van der Waals surface area contributed by atoms with Gasteiger partial charge in [0, 0.05) is 0 Å². The minimum Gasteiger partial charge on any atom is -0.214 e. The summed E-state index contributed by atoms with van der Waals surface area (Å²) >= 11 is 1.67. The quantitative estimate of drug-likeness (QED) is 0.0998. The standard InChI is InChI=1S/4C6H6O2.4C5H5.4Fe.Mo.8S/c4*7-6(8)5-3-1-2-4-5;4*1-2-4-5-3-1;;;;;;;;;;;;;/h4*1-4,7-8H;4*1-5H;;;;;;;;;;;;;/q;;;;4*-1;;;;;+4;;;;;;;;/p-8. The molecular formula is C44H36Fe4MoO8S8-8. The Morgan fingerprint density at radius 2 is 0.385 bits per heavy atom. The summed E-state index contributed by atoms with van der Waals surface area (Å²) in [6.45, 7) is 0. The first kappa shape index (κ1) is 71.2. The molecule has 8 rings (SSSR count). The predicted octanol–water partition coefficient (Wildman–Crippen LogP) is 6.97. The summed E-state index contributed by atoms with van der Waals surface area (Å²) in [7, 11) is 33.7. The van der Waals surface area contributed by atoms with Crippen molar-refractivity contribution in [3.05, 3.63) is 265 Å². The largest absolute Gasteiger partial charge is 0.214 e. The van der Waals surface area contributed by atoms with Gasteiger partial charge in [-0.2, -0.15) is 96.6 Å². The van der Waals surface area contributed by atoms with Crippen LogP contribution in [0.1, 0.15) is 0 Å². The average molecular weight is 1270 g/mol. The fourth-order valence-electron chi connectivity index (χ4n) is 3.32. The molecule has 354 valence electrons. The Hall–Kier alpha value is -2.79. The van der Waals surface area contributed by atoms with Crippen LogP contribution in [0.4, 0.5) is 0 Å². The Kier molecular flexibility index (Phi) is 64.9. The maximum atomic E-state index is 9.95. The van der Waals surface area contributed by atoms with Crippen LogP contribution in [-0.4, -0.2) is 0 Å². The summed E-state index contributed by atoms with van der Waals surface area (Å²) in [5.74, 6) is -4.46. The summed E-state index contributed by atoms with van der Waals surface area (Å²) in [6, 6.07) is 40.0. The van der Waals surface area contributed by atoms with Gasteiger partial charge in [0.15, 0.2) is 0 Å². The van der Waals surface area contributed by atoms with Crippen molar-refractivity contribution in [2.45, 2.75) is 0 Å². The average Bonchev–Trinajstić information content (AvgIpc) is 4.14. The second kappa shape index (κ2) is 59.2. The monoisotopic (exact) mass is 1270 g/mol. The molecule has 0 fully saturated rings. The van der Waals surface area contributed by atoms with E-state index in [9.17, 15) is 40.9 Å². The molecule has 0 N–H and O–H groups in total. The molecule has 65 heavy (non-hydrogen) atoms. The SMILES string of the molecule is [Mo+4].[O-]C([O-])=C1C=CC=C1.[O-]C([O-])=C1C=CC=C1.[O-]C([O-])=C1C=CC=C1.[O-]C([O-])=C1C=CC=C1.[S]=[Fe]=[S].[S]=[Fe]=[S].[S]=[Fe]=[S].[S]=[Fe]=[S].c1cc[cH-]c1.c1cc[cH-]c1.c1cc[cH-]c1.c1cc[cH-]c1. The van der Waals surface area contributed by atoms with Crippen molar-refractivity contribution in [1.82, 2.24) is 0 Å². The van der Waals surface area contributed by atoms with Gasteiger partial charge in [-0.15, -0.1) is 0 Å². The molecule has 0 heterocycles. The molecule has 0 saturated carbocycles. The zero-order valence-electron chi connectivity index (χ0n) is 33.1. The Morgan fingerprint density at radius 3 is 0.431 bits per heavy atom. The van der Waals surface area contributed by atoms with Gasteiger partial charge in [-0.1, -0.05) is 97.2 Å². The zero-order valence-corrected chi connectivity index (χ0v) is 46.1. The van der Waals surface area contributed by atoms with E-state index in [0.29, 0.717) is 46.8 Å². The third kappa shape index (κ3) is 57.3. The van der Waals surface area contributed by atoms with E-state index in [1.807, 2.05) is 121 Å². The maximum absolute atomic E-state index is 9.95. The van der Waals surface area contributed by atoms with Crippen LogP contribution in [0.5, 0.6) is 0 Å². The normalized spacial score (nSPS) is 11.0. The summed E-state index contributed by atoms with van der Waals surface area (Å²) in [5.41, 5.74) is 0.963. The van der Waals surface area contributed by atoms with Gasteiger partial charge in [0.25, 0.3) is 0 Å². The first-order valence-electron chi connectivity index (χ1n) is 16.8. The van der Waals surface area contributed by atoms with E-state index in [4.69, 9.17) is 0 Å². The van der Waals surface area contributed by atoms with E-state index in [0.717, 1.165) is 0 Å². The summed E-state index contributed by atoms with van der Waals surface area (Å²) in [5, 5.41) is 79.6. The molecule has 4 aromatic rings. The van der Waals surface area contributed by atoms with Gasteiger partial charge in [0.05, 0.1) is 0 Å². The van der Waals surface area contributed by atoms with Gasteiger partial charge in [-0.05, 0) is 22.3 Å². The Labute approximate surface area is 452 Å². The smallest absolute Gasteiger partial charge is 0.172 e. The van der Waals surface area contributed by atoms with E-state index in [1.165, 1.54) is 48.6 Å². The second-order valence-corrected chi connectivity index (χ2v) is 18.4. The molecule has 0 spiro atoms. The van der Waals surface area contributed by atoms with Gasteiger partial charge in [-0.25, -0.2) is 48.5 Å². The van der Waals surface area contributed by atoms with Crippen molar-refractivity contribution in [3.63, 3.8) is 0 Å². The van der Waals surface area contributed by atoms with E-state index >= 15 is 0 Å². The molecule has 0 radical (unpaired) electrons. The van der Waals surface area contributed by atoms with E-state index in [1.54, 1.807) is 48.6 Å². The van der Waals surface area contributed by atoms with Crippen LogP contribution >= 0.6 is 84.4 Å². The number of rotatable bonds is 0. The van der Waals surface area contributed by atoms with Crippen molar-refractivity contribution in [3.8, 4) is 0 Å².